The van der Waals surface area contributed by atoms with E-state index in [-0.39, 0.29) is 16.4 Å². The highest BCUT2D eigenvalue weighted by Gasteiger charge is 2.31. The highest BCUT2D eigenvalue weighted by Crippen LogP contribution is 2.28. The van der Waals surface area contributed by atoms with E-state index in [1.54, 1.807) is 11.3 Å². The van der Waals surface area contributed by atoms with Gasteiger partial charge in [-0.15, -0.1) is 11.3 Å². The first kappa shape index (κ1) is 17.4. The first-order valence-electron chi connectivity index (χ1n) is 8.58. The van der Waals surface area contributed by atoms with Crippen molar-refractivity contribution < 1.29 is 14.3 Å². The summed E-state index contributed by atoms with van der Waals surface area (Å²) in [6, 6.07) is 8.12. The van der Waals surface area contributed by atoms with E-state index < -0.39 is 0 Å². The third-order valence-electron chi connectivity index (χ3n) is 4.60. The van der Waals surface area contributed by atoms with Crippen molar-refractivity contribution in [1.29, 1.82) is 0 Å². The molecule has 2 aliphatic rings. The van der Waals surface area contributed by atoms with E-state index in [0.29, 0.717) is 19.1 Å². The molecule has 1 N–H and O–H groups in total. The van der Waals surface area contributed by atoms with Crippen LogP contribution in [0, 0.1) is 0 Å². The highest BCUT2D eigenvalue weighted by molar-refractivity contribution is 8.15. The molecule has 0 radical (unpaired) electrons. The van der Waals surface area contributed by atoms with Crippen LogP contribution in [0.15, 0.2) is 35.8 Å². The van der Waals surface area contributed by atoms with Gasteiger partial charge in [0, 0.05) is 18.1 Å². The zero-order valence-corrected chi connectivity index (χ0v) is 15.7. The number of amides is 2. The molecule has 2 atom stereocenters. The summed E-state index contributed by atoms with van der Waals surface area (Å²) >= 11 is 2.72. The van der Waals surface area contributed by atoms with Gasteiger partial charge in [0.2, 0.25) is 5.91 Å². The maximum atomic E-state index is 11.6. The number of benzene rings is 1. The Hall–Kier alpha value is -2.06. The molecular weight excluding hydrogens is 370 g/mol. The number of nitrogens with one attached hydrogen (secondary N) is 1. The third-order valence-corrected chi connectivity index (χ3v) is 6.39. The molecule has 3 heterocycles. The lowest BCUT2D eigenvalue weighted by Gasteiger charge is -2.24. The van der Waals surface area contributed by atoms with Crippen molar-refractivity contribution in [3.05, 3.63) is 41.4 Å². The molecule has 0 spiro atoms. The summed E-state index contributed by atoms with van der Waals surface area (Å²) < 4.78 is 5.98. The highest BCUT2D eigenvalue weighted by atomic mass is 32.2. The van der Waals surface area contributed by atoms with Crippen LogP contribution in [0.2, 0.25) is 0 Å². The van der Waals surface area contributed by atoms with Gasteiger partial charge in [0.25, 0.3) is 5.24 Å². The molecule has 1 aromatic carbocycles. The minimum Gasteiger partial charge on any atom is -0.491 e. The monoisotopic (exact) mass is 389 g/mol. The SMILES string of the molecule is O=C1NC(=O)C(Cc2ccc(OC[C@@H]3CCCN3c3nccs3)cc2)S1. The van der Waals surface area contributed by atoms with E-state index in [2.05, 4.69) is 15.2 Å². The first-order valence-corrected chi connectivity index (χ1v) is 10.3. The number of thiazole rings is 1. The van der Waals surface area contributed by atoms with Crippen LogP contribution in [0.3, 0.4) is 0 Å². The molecule has 2 saturated heterocycles. The summed E-state index contributed by atoms with van der Waals surface area (Å²) in [5, 5.41) is 4.78. The number of imide groups is 1. The number of anilines is 1. The summed E-state index contributed by atoms with van der Waals surface area (Å²) in [6.45, 7) is 1.66. The van der Waals surface area contributed by atoms with Gasteiger partial charge in [-0.1, -0.05) is 23.9 Å². The lowest BCUT2D eigenvalue weighted by Crippen LogP contribution is -2.34. The van der Waals surface area contributed by atoms with E-state index in [4.69, 9.17) is 4.74 Å². The molecule has 8 heteroatoms. The number of hydrogen-bond acceptors (Lipinski definition) is 7. The van der Waals surface area contributed by atoms with E-state index in [1.807, 2.05) is 35.8 Å². The van der Waals surface area contributed by atoms with Crippen molar-refractivity contribution in [3.8, 4) is 5.75 Å². The van der Waals surface area contributed by atoms with Crippen LogP contribution in [-0.2, 0) is 11.2 Å². The number of nitrogens with zero attached hydrogens (tertiary/aromatic N) is 2. The minimum absolute atomic E-state index is 0.205. The second-order valence-electron chi connectivity index (χ2n) is 6.35. The lowest BCUT2D eigenvalue weighted by molar-refractivity contribution is -0.118. The van der Waals surface area contributed by atoms with Crippen molar-refractivity contribution >= 4 is 39.4 Å². The molecule has 2 fully saturated rings. The van der Waals surface area contributed by atoms with Gasteiger partial charge < -0.3 is 9.64 Å². The Bertz CT molecular complexity index is 779. The van der Waals surface area contributed by atoms with Crippen molar-refractivity contribution in [2.45, 2.75) is 30.6 Å². The maximum Gasteiger partial charge on any atom is 0.286 e. The second-order valence-corrected chi connectivity index (χ2v) is 8.39. The fourth-order valence-corrected chi connectivity index (χ4v) is 4.88. The summed E-state index contributed by atoms with van der Waals surface area (Å²) in [7, 11) is 0. The number of ether oxygens (including phenoxy) is 1. The standard InChI is InChI=1S/C18H19N3O3S2/c22-16-15(26-18(23)20-16)10-12-3-5-14(6-4-12)24-11-13-2-1-8-21(13)17-19-7-9-25-17/h3-7,9,13,15H,1-2,8,10-11H2,(H,20,22,23)/t13-,15?/m0/s1. The average molecular weight is 390 g/mol. The molecule has 1 unspecified atom stereocenters. The largest absolute Gasteiger partial charge is 0.491 e. The second kappa shape index (κ2) is 7.67. The van der Waals surface area contributed by atoms with E-state index >= 15 is 0 Å². The molecule has 2 amide bonds. The quantitative estimate of drug-likeness (QED) is 0.819. The van der Waals surface area contributed by atoms with Crippen LogP contribution in [0.4, 0.5) is 9.93 Å². The number of carbonyl (C=O) groups excluding carboxylic acids is 2. The fourth-order valence-electron chi connectivity index (χ4n) is 3.27. The van der Waals surface area contributed by atoms with Gasteiger partial charge in [0.05, 0.1) is 11.3 Å². The topological polar surface area (TPSA) is 71.5 Å². The van der Waals surface area contributed by atoms with E-state index in [9.17, 15) is 9.59 Å². The van der Waals surface area contributed by atoms with Crippen molar-refractivity contribution in [2.24, 2.45) is 0 Å². The fraction of sp³-hybridized carbons (Fsp3) is 0.389. The number of thioether (sulfide) groups is 1. The Morgan fingerprint density at radius 3 is 2.81 bits per heavy atom. The van der Waals surface area contributed by atoms with Gasteiger partial charge in [-0.3, -0.25) is 14.9 Å². The zero-order chi connectivity index (χ0) is 17.9. The zero-order valence-electron chi connectivity index (χ0n) is 14.1. The summed E-state index contributed by atoms with van der Waals surface area (Å²) in [6.07, 6.45) is 4.65. The Balaban J connectivity index is 1.32. The number of rotatable bonds is 6. The minimum atomic E-state index is -0.334. The van der Waals surface area contributed by atoms with Crippen molar-refractivity contribution in [2.75, 3.05) is 18.1 Å². The van der Waals surface area contributed by atoms with Crippen LogP contribution in [0.1, 0.15) is 18.4 Å². The van der Waals surface area contributed by atoms with Crippen LogP contribution >= 0.6 is 23.1 Å². The van der Waals surface area contributed by atoms with Gasteiger partial charge in [-0.25, -0.2) is 4.98 Å². The molecule has 0 saturated carbocycles. The van der Waals surface area contributed by atoms with Gasteiger partial charge in [0.15, 0.2) is 5.13 Å². The van der Waals surface area contributed by atoms with Gasteiger partial charge >= 0.3 is 0 Å². The molecule has 1 aromatic heterocycles. The van der Waals surface area contributed by atoms with Gasteiger partial charge in [-0.2, -0.15) is 0 Å². The molecule has 6 nitrogen and oxygen atoms in total. The Morgan fingerprint density at radius 1 is 1.27 bits per heavy atom. The van der Waals surface area contributed by atoms with Crippen LogP contribution in [0.5, 0.6) is 5.75 Å². The summed E-state index contributed by atoms with van der Waals surface area (Å²) in [4.78, 5) is 29.6. The maximum absolute atomic E-state index is 11.6. The molecule has 0 bridgehead atoms. The smallest absolute Gasteiger partial charge is 0.286 e. The van der Waals surface area contributed by atoms with Gasteiger partial charge in [-0.05, 0) is 37.0 Å². The predicted molar refractivity (Wildman–Crippen MR) is 103 cm³/mol. The number of hydrogen-bond donors (Lipinski definition) is 1. The lowest BCUT2D eigenvalue weighted by atomic mass is 10.1. The van der Waals surface area contributed by atoms with Crippen LogP contribution in [0.25, 0.3) is 0 Å². The van der Waals surface area contributed by atoms with Crippen LogP contribution < -0.4 is 15.0 Å². The first-order chi connectivity index (χ1) is 12.7. The van der Waals surface area contributed by atoms with Crippen LogP contribution in [-0.4, -0.2) is 40.6 Å². The molecule has 136 valence electrons. The molecule has 4 rings (SSSR count). The molecule has 2 aliphatic heterocycles. The number of carbonyl (C=O) groups is 2. The number of aromatic nitrogens is 1. The molecule has 2 aromatic rings. The Kier molecular flexibility index (Phi) is 5.12. The summed E-state index contributed by atoms with van der Waals surface area (Å²) in [5.74, 6) is 0.614. The van der Waals surface area contributed by atoms with Crippen molar-refractivity contribution in [3.63, 3.8) is 0 Å². The van der Waals surface area contributed by atoms with Crippen molar-refractivity contribution in [1.82, 2.24) is 10.3 Å². The van der Waals surface area contributed by atoms with Gasteiger partial charge in [0.1, 0.15) is 12.4 Å². The third kappa shape index (κ3) is 3.86. The normalized spacial score (nSPS) is 22.7. The predicted octanol–water partition coefficient (Wildman–Crippen LogP) is 3.09. The molecule has 0 aliphatic carbocycles. The van der Waals surface area contributed by atoms with E-state index in [0.717, 1.165) is 47.6 Å². The molecular formula is C18H19N3O3S2. The summed E-state index contributed by atoms with van der Waals surface area (Å²) in [5.41, 5.74) is 1.02. The molecule has 26 heavy (non-hydrogen) atoms. The Labute approximate surface area is 159 Å². The Morgan fingerprint density at radius 2 is 2.12 bits per heavy atom. The van der Waals surface area contributed by atoms with E-state index in [1.165, 1.54) is 0 Å². The average Bonchev–Trinajstić information content (AvgIpc) is 3.36.